The largest absolute Gasteiger partial charge is 1.00 e. The Labute approximate surface area is 382 Å². The third-order valence-electron chi connectivity index (χ3n) is 8.36. The zero-order chi connectivity index (χ0) is 42.4. The van der Waals surface area contributed by atoms with Crippen molar-refractivity contribution in [1.29, 1.82) is 0 Å². The summed E-state index contributed by atoms with van der Waals surface area (Å²) in [6, 6.07) is 11.0. The number of aromatic carboxylic acids is 2. The number of urea groups is 2. The van der Waals surface area contributed by atoms with Crippen molar-refractivity contribution in [3.63, 3.8) is 0 Å². The summed E-state index contributed by atoms with van der Waals surface area (Å²) in [7, 11) is -6.21. The molecule has 0 bridgehead atoms. The summed E-state index contributed by atoms with van der Waals surface area (Å²) in [6.07, 6.45) is 0. The topological polar surface area (TPSA) is 266 Å². The van der Waals surface area contributed by atoms with E-state index >= 15 is 0 Å². The van der Waals surface area contributed by atoms with Crippen LogP contribution in [0.1, 0.15) is 122 Å². The van der Waals surface area contributed by atoms with E-state index in [1.807, 2.05) is 101 Å². The molecule has 2 aromatic carbocycles. The summed E-state index contributed by atoms with van der Waals surface area (Å²) in [4.78, 5) is 46.7. The normalized spacial score (nSPS) is 11.3. The Morgan fingerprint density at radius 1 is 0.552 bits per heavy atom. The van der Waals surface area contributed by atoms with Crippen LogP contribution in [0.2, 0.25) is 0 Å². The molecular weight excluding hydrogens is 815 g/mol. The number of aromatic nitrogens is 4. The molecule has 0 atom stereocenters. The number of amides is 4. The molecule has 4 aromatic rings. The van der Waals surface area contributed by atoms with Gasteiger partial charge in [0.1, 0.15) is 0 Å². The number of anilines is 2. The Balaban J connectivity index is 0.000000561. The number of benzene rings is 2. The van der Waals surface area contributed by atoms with E-state index in [2.05, 4.69) is 20.8 Å². The first-order valence-electron chi connectivity index (χ1n) is 17.3. The van der Waals surface area contributed by atoms with Gasteiger partial charge in [-0.1, -0.05) is 91.8 Å². The number of sulfonamides is 2. The van der Waals surface area contributed by atoms with Crippen LogP contribution in [0.5, 0.6) is 0 Å². The molecule has 0 spiro atoms. The monoisotopic (exact) mass is 860 g/mol. The van der Waals surface area contributed by atoms with Crippen LogP contribution in [0.3, 0.4) is 0 Å². The van der Waals surface area contributed by atoms with E-state index in [9.17, 15) is 46.2 Å². The quantitative estimate of drug-likeness (QED) is 0.105. The van der Waals surface area contributed by atoms with Crippen LogP contribution >= 0.6 is 0 Å². The van der Waals surface area contributed by atoms with Crippen molar-refractivity contribution in [2.24, 2.45) is 14.1 Å². The van der Waals surface area contributed by atoms with Crippen LogP contribution in [0.25, 0.3) is 0 Å². The average Bonchev–Trinajstić information content (AvgIpc) is 3.68. The zero-order valence-electron chi connectivity index (χ0n) is 34.6. The molecule has 4 N–H and O–H groups in total. The minimum atomic E-state index is -4.37. The van der Waals surface area contributed by atoms with E-state index in [-0.39, 0.29) is 82.8 Å². The molecule has 58 heavy (non-hydrogen) atoms. The second-order valence-electron chi connectivity index (χ2n) is 13.9. The number of carboxylic acid groups (broad SMARTS) is 2. The first kappa shape index (κ1) is 52.3. The minimum Gasteiger partial charge on any atom is -0.543 e. The molecule has 0 radical (unpaired) electrons. The standard InChI is InChI=1S/2C18H24N4O5S.2Na/c2*1-10(2)12-7-6-8-13(11(3)4)16(12)19-18(25)21-28(26,27)15-9-14(17(23)24)22(5)20-15;;/h2*6-11H,1-5H3,(H,23,24)(H2,19,21,25);;/q;;2*+1/p-2. The summed E-state index contributed by atoms with van der Waals surface area (Å²) in [5.41, 5.74) is 3.74. The smallest absolute Gasteiger partial charge is 0.543 e. The van der Waals surface area contributed by atoms with Crippen molar-refractivity contribution in [2.45, 2.75) is 89.1 Å². The molecule has 4 rings (SSSR count). The molecule has 4 amide bonds. The van der Waals surface area contributed by atoms with E-state index in [1.165, 1.54) is 14.1 Å². The first-order chi connectivity index (χ1) is 25.9. The second-order valence-corrected chi connectivity index (χ2v) is 17.2. The summed E-state index contributed by atoms with van der Waals surface area (Å²) < 4.78 is 55.0. The molecule has 0 saturated heterocycles. The molecule has 0 fully saturated rings. The van der Waals surface area contributed by atoms with Crippen molar-refractivity contribution in [1.82, 2.24) is 29.0 Å². The number of nitrogens with one attached hydrogen (secondary N) is 4. The van der Waals surface area contributed by atoms with Gasteiger partial charge in [0.05, 0.1) is 23.3 Å². The predicted molar refractivity (Wildman–Crippen MR) is 203 cm³/mol. The Kier molecular flexibility index (Phi) is 19.4. The van der Waals surface area contributed by atoms with Crippen LogP contribution < -0.4 is 89.4 Å². The fraction of sp³-hybridized carbons (Fsp3) is 0.389. The van der Waals surface area contributed by atoms with Gasteiger partial charge in [-0.3, -0.25) is 9.36 Å². The summed E-state index contributed by atoms with van der Waals surface area (Å²) in [5.74, 6) is -2.74. The number of rotatable bonds is 12. The Bertz CT molecular complexity index is 2140. The van der Waals surface area contributed by atoms with E-state index < -0.39 is 65.5 Å². The van der Waals surface area contributed by atoms with Gasteiger partial charge in [0.25, 0.3) is 20.0 Å². The molecule has 0 unspecified atom stereocenters. The Hall–Kier alpha value is -3.76. The molecule has 2 aromatic heterocycles. The van der Waals surface area contributed by atoms with Crippen molar-refractivity contribution < 1.29 is 105 Å². The molecule has 18 nitrogen and oxygen atoms in total. The number of carboxylic acids is 2. The Morgan fingerprint density at radius 3 is 1.02 bits per heavy atom. The van der Waals surface area contributed by atoms with E-state index in [0.29, 0.717) is 11.4 Å². The average molecular weight is 861 g/mol. The maximum atomic E-state index is 12.4. The Morgan fingerprint density at radius 2 is 0.810 bits per heavy atom. The first-order valence-corrected chi connectivity index (χ1v) is 20.3. The predicted octanol–water partition coefficient (Wildman–Crippen LogP) is -2.91. The number of aryl methyl sites for hydroxylation is 2. The van der Waals surface area contributed by atoms with Crippen LogP contribution in [-0.4, -0.2) is 60.4 Å². The van der Waals surface area contributed by atoms with Crippen LogP contribution in [-0.2, 0) is 34.1 Å². The summed E-state index contributed by atoms with van der Waals surface area (Å²) in [5, 5.41) is 33.2. The number of carbonyl (C=O) groups is 4. The van der Waals surface area contributed by atoms with E-state index in [0.717, 1.165) is 43.8 Å². The third kappa shape index (κ3) is 13.1. The molecule has 0 saturated carbocycles. The third-order valence-corrected chi connectivity index (χ3v) is 10.8. The maximum Gasteiger partial charge on any atom is 1.00 e. The number of hydrogen-bond donors (Lipinski definition) is 4. The summed E-state index contributed by atoms with van der Waals surface area (Å²) in [6.45, 7) is 15.7. The van der Waals surface area contributed by atoms with Crippen molar-refractivity contribution >= 4 is 55.4 Å². The number of carbonyl (C=O) groups excluding carboxylic acids is 4. The van der Waals surface area contributed by atoms with Crippen LogP contribution in [0.15, 0.2) is 58.6 Å². The fourth-order valence-corrected chi connectivity index (χ4v) is 7.34. The van der Waals surface area contributed by atoms with E-state index in [4.69, 9.17) is 0 Å². The molecule has 0 aliphatic heterocycles. The maximum absolute atomic E-state index is 12.4. The van der Waals surface area contributed by atoms with Gasteiger partial charge in [-0.2, -0.15) is 27.0 Å². The molecular formula is C36H46N8Na2O10S2. The van der Waals surface area contributed by atoms with Gasteiger partial charge in [-0.15, -0.1) is 0 Å². The van der Waals surface area contributed by atoms with Gasteiger partial charge in [0.2, 0.25) is 0 Å². The molecule has 2 heterocycles. The van der Waals surface area contributed by atoms with Gasteiger partial charge < -0.3 is 30.4 Å². The zero-order valence-corrected chi connectivity index (χ0v) is 40.2. The van der Waals surface area contributed by atoms with Crippen LogP contribution in [0, 0.1) is 0 Å². The van der Waals surface area contributed by atoms with Gasteiger partial charge in [-0.05, 0) is 45.9 Å². The summed E-state index contributed by atoms with van der Waals surface area (Å²) >= 11 is 0. The van der Waals surface area contributed by atoms with Gasteiger partial charge in [0, 0.05) is 37.6 Å². The van der Waals surface area contributed by atoms with Crippen molar-refractivity contribution in [2.75, 3.05) is 10.6 Å². The molecule has 0 aliphatic carbocycles. The van der Waals surface area contributed by atoms with E-state index in [1.54, 1.807) is 0 Å². The van der Waals surface area contributed by atoms with Gasteiger partial charge >= 0.3 is 71.2 Å². The number of nitrogens with zero attached hydrogens (tertiary/aromatic N) is 4. The minimum absolute atomic E-state index is 0. The molecule has 22 heteroatoms. The fourth-order valence-electron chi connectivity index (χ4n) is 5.54. The number of para-hydroxylation sites is 2. The SMILES string of the molecule is CC(C)c1cccc(C(C)C)c1NC(=O)NS(=O)(=O)c1cc(C(=O)[O-])n(C)n1.CC(C)c1cccc(C(C)C)c1NC(=O)NS(=O)(=O)c1cc(C(=O)[O-])n(C)n1.[Na+].[Na+]. The van der Waals surface area contributed by atoms with Gasteiger partial charge in [0.15, 0.2) is 10.1 Å². The molecule has 0 aliphatic rings. The van der Waals surface area contributed by atoms with Crippen molar-refractivity contribution in [3.8, 4) is 0 Å². The molecule has 304 valence electrons. The number of hydrogen-bond acceptors (Lipinski definition) is 12. The second kappa shape index (κ2) is 21.5. The van der Waals surface area contributed by atoms with Crippen LogP contribution in [0.4, 0.5) is 21.0 Å². The van der Waals surface area contributed by atoms with Crippen molar-refractivity contribution in [3.05, 3.63) is 82.2 Å². The van der Waals surface area contributed by atoms with Gasteiger partial charge in [-0.25, -0.2) is 19.0 Å².